The van der Waals surface area contributed by atoms with Gasteiger partial charge in [-0.05, 0) is 34.6 Å². The van der Waals surface area contributed by atoms with Gasteiger partial charge in [0.05, 0.1) is 12.3 Å². The molecule has 4 aliphatic heterocycles. The van der Waals surface area contributed by atoms with Gasteiger partial charge in [0.2, 0.25) is 5.88 Å². The van der Waals surface area contributed by atoms with E-state index in [2.05, 4.69) is 4.99 Å². The number of aliphatic imine (C=N–C) groups is 1. The van der Waals surface area contributed by atoms with Gasteiger partial charge >= 0.3 is 23.6 Å². The fraction of sp³-hybridized carbons (Fsp3) is 0.750. The third-order valence-electron chi connectivity index (χ3n) is 8.68. The molecule has 4 fully saturated rings. The molecular formula is C32H45N3O16. The number of carbonyl (C=O) groups excluding carboxylic acids is 3. The van der Waals surface area contributed by atoms with Crippen molar-refractivity contribution < 1.29 is 66.9 Å². The van der Waals surface area contributed by atoms with Gasteiger partial charge in [-0.15, -0.1) is 0 Å². The predicted octanol–water partition coefficient (Wildman–Crippen LogP) is -0.468. The molecule has 0 radical (unpaired) electrons. The normalized spacial score (nSPS) is 34.0. The average molecular weight is 728 g/mol. The molecule has 0 unspecified atom stereocenters. The molecule has 0 aliphatic carbocycles. The molecule has 0 bridgehead atoms. The first-order chi connectivity index (χ1) is 23.7. The van der Waals surface area contributed by atoms with Crippen LogP contribution in [0.1, 0.15) is 61.0 Å². The minimum Gasteiger partial charge on any atom is -0.494 e. The number of hydrogen-bond donors (Lipinski definition) is 1. The number of hydrogen-bond acceptors (Lipinski definition) is 17. The Hall–Kier alpha value is -3.72. The maximum Gasteiger partial charge on any atom is 0.333 e. The summed E-state index contributed by atoms with van der Waals surface area (Å²) < 4.78 is 61.3. The minimum atomic E-state index is -1.46. The molecule has 0 spiro atoms. The molecular weight excluding hydrogens is 682 g/mol. The maximum absolute atomic E-state index is 13.2. The smallest absolute Gasteiger partial charge is 0.333 e. The Morgan fingerprint density at radius 1 is 0.765 bits per heavy atom. The molecule has 5 heterocycles. The third-order valence-corrected chi connectivity index (χ3v) is 8.68. The van der Waals surface area contributed by atoms with Crippen LogP contribution in [-0.2, 0) is 75.8 Å². The van der Waals surface area contributed by atoms with Crippen LogP contribution in [0.25, 0.3) is 0 Å². The lowest BCUT2D eigenvalue weighted by molar-refractivity contribution is -0.293. The highest BCUT2D eigenvalue weighted by Crippen LogP contribution is 2.44. The molecule has 19 heteroatoms. The molecule has 0 aromatic carbocycles. The molecule has 0 amide bonds. The van der Waals surface area contributed by atoms with E-state index in [-0.39, 0.29) is 17.9 Å². The Balaban J connectivity index is 1.56. The summed E-state index contributed by atoms with van der Waals surface area (Å²) in [6, 6.07) is -1.39. The van der Waals surface area contributed by atoms with Crippen LogP contribution >= 0.6 is 0 Å². The van der Waals surface area contributed by atoms with Crippen LogP contribution in [0.4, 0.5) is 0 Å². The highest BCUT2D eigenvalue weighted by molar-refractivity contribution is 6.00. The molecule has 1 N–H and O–H groups in total. The number of fused-ring (bicyclic) bond motifs is 3. The number of aromatic nitrogens is 2. The maximum atomic E-state index is 13.2. The van der Waals surface area contributed by atoms with Crippen molar-refractivity contribution in [3.05, 3.63) is 26.4 Å². The lowest BCUT2D eigenvalue weighted by atomic mass is 9.96. The van der Waals surface area contributed by atoms with Gasteiger partial charge in [-0.1, -0.05) is 0 Å². The molecule has 0 saturated carbocycles. The molecule has 10 atom stereocenters. The van der Waals surface area contributed by atoms with Gasteiger partial charge in [0, 0.05) is 34.9 Å². The van der Waals surface area contributed by atoms with E-state index < -0.39 is 115 Å². The van der Waals surface area contributed by atoms with Crippen LogP contribution in [0.3, 0.4) is 0 Å². The zero-order valence-electron chi connectivity index (χ0n) is 30.1. The van der Waals surface area contributed by atoms with Gasteiger partial charge in [-0.3, -0.25) is 33.3 Å². The zero-order valence-corrected chi connectivity index (χ0v) is 30.1. The Morgan fingerprint density at radius 2 is 1.35 bits per heavy atom. The minimum absolute atomic E-state index is 0.104. The zero-order chi connectivity index (χ0) is 37.7. The van der Waals surface area contributed by atoms with Crippen molar-refractivity contribution in [1.29, 1.82) is 0 Å². The van der Waals surface area contributed by atoms with E-state index in [0.717, 1.165) is 23.0 Å². The molecule has 5 rings (SSSR count). The molecule has 4 saturated heterocycles. The number of aromatic hydroxyl groups is 1. The number of esters is 3. The first-order valence-corrected chi connectivity index (χ1v) is 16.3. The second-order valence-corrected chi connectivity index (χ2v) is 13.6. The Bertz CT molecular complexity index is 1680. The van der Waals surface area contributed by atoms with Crippen LogP contribution in [0, 0.1) is 0 Å². The summed E-state index contributed by atoms with van der Waals surface area (Å²) in [5, 5.41) is 10.8. The van der Waals surface area contributed by atoms with E-state index >= 15 is 0 Å². The van der Waals surface area contributed by atoms with Crippen LogP contribution in [0.15, 0.2) is 14.6 Å². The number of nitrogens with zero attached hydrogens (tertiary/aromatic N) is 3. The molecule has 19 nitrogen and oxygen atoms in total. The summed E-state index contributed by atoms with van der Waals surface area (Å²) >= 11 is 0. The van der Waals surface area contributed by atoms with E-state index in [0.29, 0.717) is 0 Å². The topological polar surface area (TPSA) is 220 Å². The second kappa shape index (κ2) is 14.4. The SMILES string of the molecule is CC(=O)OC[C@H]1O[C@H](OC[C@H]2O[C@@H]3OC(C)(C)O[C@@H]3[C@H]3OC(C)(C)O[C@H]32)[C@H](N=C(C)c2c(O)n(C)c(=O)n(C)c2=O)[C@@H](OC(C)=O)[C@@H]1OC(C)=O. The highest BCUT2D eigenvalue weighted by atomic mass is 16.9. The Labute approximate surface area is 292 Å². The third kappa shape index (κ3) is 8.03. The van der Waals surface area contributed by atoms with Gasteiger partial charge in [0.15, 0.2) is 36.4 Å². The number of carbonyl (C=O) groups is 3. The summed E-state index contributed by atoms with van der Waals surface area (Å²) in [4.78, 5) is 66.9. The summed E-state index contributed by atoms with van der Waals surface area (Å²) in [5.41, 5.74) is -2.09. The van der Waals surface area contributed by atoms with Crippen LogP contribution < -0.4 is 11.2 Å². The fourth-order valence-corrected chi connectivity index (χ4v) is 6.62. The van der Waals surface area contributed by atoms with Crippen molar-refractivity contribution in [1.82, 2.24) is 9.13 Å². The van der Waals surface area contributed by atoms with Crippen molar-refractivity contribution in [2.75, 3.05) is 13.2 Å². The molecule has 284 valence electrons. The summed E-state index contributed by atoms with van der Waals surface area (Å²) in [6.07, 6.45) is -9.14. The fourth-order valence-electron chi connectivity index (χ4n) is 6.62. The van der Waals surface area contributed by atoms with E-state index in [1.165, 1.54) is 27.9 Å². The molecule has 4 aliphatic rings. The van der Waals surface area contributed by atoms with Gasteiger partial charge in [-0.2, -0.15) is 0 Å². The lowest BCUT2D eigenvalue weighted by Gasteiger charge is -2.44. The quantitative estimate of drug-likeness (QED) is 0.193. The lowest BCUT2D eigenvalue weighted by Crippen LogP contribution is -2.62. The van der Waals surface area contributed by atoms with Crippen molar-refractivity contribution >= 4 is 23.6 Å². The number of ether oxygens (including phenoxy) is 10. The van der Waals surface area contributed by atoms with Crippen molar-refractivity contribution in [2.24, 2.45) is 19.1 Å². The van der Waals surface area contributed by atoms with Gasteiger partial charge < -0.3 is 52.5 Å². The van der Waals surface area contributed by atoms with Crippen molar-refractivity contribution in [2.45, 2.75) is 128 Å². The summed E-state index contributed by atoms with van der Waals surface area (Å²) in [7, 11) is 2.49. The largest absolute Gasteiger partial charge is 0.494 e. The van der Waals surface area contributed by atoms with Crippen LogP contribution in [0.5, 0.6) is 5.88 Å². The first kappa shape index (κ1) is 38.5. The standard InChI is InChI=1S/C32H45N3O16/c1-13(19-26(39)34(9)30(41)35(10)27(19)40)33-20-23(45-16(4)38)21(44-15(3)37)17(11-42-14(2)36)46-28(20)43-12-18-22-24(49-31(5,6)48-22)25-29(47-18)51-32(7,8)50-25/h17-18,20-25,28-29,39H,11-12H2,1-10H3/t17-,18-,20-,21-,22+,23-,24+,25-,28+,29-/m1/s1. The van der Waals surface area contributed by atoms with Crippen LogP contribution in [0.2, 0.25) is 0 Å². The average Bonchev–Trinajstić information content (AvgIpc) is 3.52. The Morgan fingerprint density at radius 3 is 1.98 bits per heavy atom. The molecule has 51 heavy (non-hydrogen) atoms. The predicted molar refractivity (Wildman–Crippen MR) is 169 cm³/mol. The second-order valence-electron chi connectivity index (χ2n) is 13.6. The number of rotatable bonds is 9. The monoisotopic (exact) mass is 727 g/mol. The first-order valence-electron chi connectivity index (χ1n) is 16.3. The Kier molecular flexibility index (Phi) is 10.8. The summed E-state index contributed by atoms with van der Waals surface area (Å²) in [5.74, 6) is -4.91. The molecule has 1 aromatic rings. The van der Waals surface area contributed by atoms with E-state index in [1.54, 1.807) is 27.7 Å². The van der Waals surface area contributed by atoms with E-state index in [4.69, 9.17) is 47.4 Å². The van der Waals surface area contributed by atoms with Crippen molar-refractivity contribution in [3.63, 3.8) is 0 Å². The van der Waals surface area contributed by atoms with Gasteiger partial charge in [0.25, 0.3) is 5.56 Å². The highest BCUT2D eigenvalue weighted by Gasteiger charge is 2.61. The van der Waals surface area contributed by atoms with Gasteiger partial charge in [-0.25, -0.2) is 4.79 Å². The van der Waals surface area contributed by atoms with Gasteiger partial charge in [0.1, 0.15) is 48.7 Å². The van der Waals surface area contributed by atoms with Crippen LogP contribution in [-0.4, -0.2) is 124 Å². The van der Waals surface area contributed by atoms with E-state index in [9.17, 15) is 29.1 Å². The summed E-state index contributed by atoms with van der Waals surface area (Å²) in [6.45, 7) is 11.1. The van der Waals surface area contributed by atoms with Crippen molar-refractivity contribution in [3.8, 4) is 5.88 Å². The van der Waals surface area contributed by atoms with E-state index in [1.807, 2.05) is 0 Å². The molecule has 1 aromatic heterocycles.